The van der Waals surface area contributed by atoms with Crippen LogP contribution in [0.3, 0.4) is 0 Å². The number of carbonyl (C=O) groups is 3. The first kappa shape index (κ1) is 24.1. The molecule has 9 heteroatoms. The third-order valence-electron chi connectivity index (χ3n) is 4.76. The molecule has 0 radical (unpaired) electrons. The van der Waals surface area contributed by atoms with E-state index in [4.69, 9.17) is 0 Å². The van der Waals surface area contributed by atoms with Gasteiger partial charge in [-0.3, -0.25) is 9.59 Å². The highest BCUT2D eigenvalue weighted by molar-refractivity contribution is 5.96. The number of hydrogen-bond donors (Lipinski definition) is 6. The summed E-state index contributed by atoms with van der Waals surface area (Å²) >= 11 is 0. The van der Waals surface area contributed by atoms with Crippen molar-refractivity contribution in [1.82, 2.24) is 16.0 Å². The Kier molecular flexibility index (Phi) is 9.06. The lowest BCUT2D eigenvalue weighted by atomic mass is 9.89. The quantitative estimate of drug-likeness (QED) is 0.303. The van der Waals surface area contributed by atoms with E-state index < -0.39 is 42.2 Å². The molecule has 0 saturated heterocycles. The number of aliphatic carboxylic acids is 1. The standard InChI is InChI=1S/C19H33N3O6/c1-9(2)6-13(20-5)18(26)21-12-7-11(8-14(23)16(12)24)17(25)22-15(10(3)4)19(27)28/h7,9-10,12-16,20,23-24H,6,8H2,1-5H3,(H,21,26)(H,22,25)(H,27,28). The van der Waals surface area contributed by atoms with E-state index in [1.165, 1.54) is 6.08 Å². The fourth-order valence-electron chi connectivity index (χ4n) is 3.10. The second-order valence-electron chi connectivity index (χ2n) is 7.99. The third-order valence-corrected chi connectivity index (χ3v) is 4.76. The number of rotatable bonds is 9. The molecule has 0 spiro atoms. The minimum Gasteiger partial charge on any atom is -0.480 e. The molecule has 160 valence electrons. The van der Waals surface area contributed by atoms with Gasteiger partial charge in [0.15, 0.2) is 0 Å². The van der Waals surface area contributed by atoms with Gasteiger partial charge in [0.1, 0.15) is 12.1 Å². The van der Waals surface area contributed by atoms with E-state index in [0.717, 1.165) is 0 Å². The predicted octanol–water partition coefficient (Wildman–Crippen LogP) is -0.617. The van der Waals surface area contributed by atoms with Crippen LogP contribution in [0.15, 0.2) is 11.6 Å². The molecule has 1 aliphatic carbocycles. The van der Waals surface area contributed by atoms with Crippen molar-refractivity contribution in [2.24, 2.45) is 11.8 Å². The minimum atomic E-state index is -1.27. The van der Waals surface area contributed by atoms with E-state index >= 15 is 0 Å². The number of aliphatic hydroxyl groups is 2. The Labute approximate surface area is 165 Å². The molecule has 0 aliphatic heterocycles. The molecule has 0 aromatic carbocycles. The molecular weight excluding hydrogens is 366 g/mol. The van der Waals surface area contributed by atoms with Crippen LogP contribution in [0.25, 0.3) is 0 Å². The van der Waals surface area contributed by atoms with Crippen molar-refractivity contribution < 1.29 is 29.7 Å². The summed E-state index contributed by atoms with van der Waals surface area (Å²) < 4.78 is 0. The van der Waals surface area contributed by atoms with Crippen molar-refractivity contribution in [3.63, 3.8) is 0 Å². The Morgan fingerprint density at radius 2 is 1.79 bits per heavy atom. The Balaban J connectivity index is 2.95. The maximum Gasteiger partial charge on any atom is 0.326 e. The van der Waals surface area contributed by atoms with Gasteiger partial charge in [-0.1, -0.05) is 33.8 Å². The number of carboxylic acid groups (broad SMARTS) is 1. The van der Waals surface area contributed by atoms with Crippen molar-refractivity contribution in [3.05, 3.63) is 11.6 Å². The van der Waals surface area contributed by atoms with Crippen molar-refractivity contribution >= 4 is 17.8 Å². The summed E-state index contributed by atoms with van der Waals surface area (Å²) in [6.45, 7) is 7.30. The van der Waals surface area contributed by atoms with Crippen molar-refractivity contribution in [1.29, 1.82) is 0 Å². The van der Waals surface area contributed by atoms with Crippen LogP contribution in [0, 0.1) is 11.8 Å². The zero-order chi connectivity index (χ0) is 21.6. The van der Waals surface area contributed by atoms with Crippen LogP contribution >= 0.6 is 0 Å². The minimum absolute atomic E-state index is 0.125. The SMILES string of the molecule is CNC(CC(C)C)C(=O)NC1C=C(C(=O)NC(C(=O)O)C(C)C)CC(O)C1O. The topological polar surface area (TPSA) is 148 Å². The second-order valence-corrected chi connectivity index (χ2v) is 7.99. The van der Waals surface area contributed by atoms with Crippen LogP contribution in [-0.2, 0) is 14.4 Å². The lowest BCUT2D eigenvalue weighted by Crippen LogP contribution is -2.55. The average molecular weight is 399 g/mol. The molecule has 9 nitrogen and oxygen atoms in total. The van der Waals surface area contributed by atoms with E-state index in [2.05, 4.69) is 16.0 Å². The molecule has 0 aromatic rings. The molecule has 0 aromatic heterocycles. The highest BCUT2D eigenvalue weighted by Crippen LogP contribution is 2.21. The Morgan fingerprint density at radius 3 is 2.25 bits per heavy atom. The van der Waals surface area contributed by atoms with Gasteiger partial charge in [-0.15, -0.1) is 0 Å². The molecule has 1 aliphatic rings. The molecule has 0 heterocycles. The van der Waals surface area contributed by atoms with E-state index in [1.807, 2.05) is 13.8 Å². The Hall–Kier alpha value is -1.97. The van der Waals surface area contributed by atoms with Crippen LogP contribution < -0.4 is 16.0 Å². The molecule has 28 heavy (non-hydrogen) atoms. The maximum absolute atomic E-state index is 12.5. The van der Waals surface area contributed by atoms with Gasteiger partial charge >= 0.3 is 5.97 Å². The van der Waals surface area contributed by atoms with E-state index in [-0.39, 0.29) is 29.7 Å². The molecule has 6 N–H and O–H groups in total. The monoisotopic (exact) mass is 399 g/mol. The first-order valence-corrected chi connectivity index (χ1v) is 9.56. The molecule has 1 rings (SSSR count). The normalized spacial score (nSPS) is 24.5. The highest BCUT2D eigenvalue weighted by Gasteiger charge is 2.35. The van der Waals surface area contributed by atoms with Crippen LogP contribution in [-0.4, -0.2) is 70.5 Å². The summed E-state index contributed by atoms with van der Waals surface area (Å²) in [6, 6.07) is -2.51. The zero-order valence-corrected chi connectivity index (χ0v) is 17.1. The van der Waals surface area contributed by atoms with Gasteiger partial charge in [-0.2, -0.15) is 0 Å². The third kappa shape index (κ3) is 6.57. The van der Waals surface area contributed by atoms with Gasteiger partial charge in [-0.05, 0) is 25.3 Å². The first-order chi connectivity index (χ1) is 13.0. The van der Waals surface area contributed by atoms with Gasteiger partial charge in [0.2, 0.25) is 11.8 Å². The van der Waals surface area contributed by atoms with Gasteiger partial charge in [0.25, 0.3) is 0 Å². The van der Waals surface area contributed by atoms with E-state index in [0.29, 0.717) is 6.42 Å². The summed E-state index contributed by atoms with van der Waals surface area (Å²) in [7, 11) is 1.66. The molecule has 0 saturated carbocycles. The molecule has 0 bridgehead atoms. The fourth-order valence-corrected chi connectivity index (χ4v) is 3.10. The largest absolute Gasteiger partial charge is 0.480 e. The number of hydrogen-bond acceptors (Lipinski definition) is 6. The molecule has 2 amide bonds. The summed E-state index contributed by atoms with van der Waals surface area (Å²) in [5.74, 6) is -2.21. The maximum atomic E-state index is 12.5. The molecule has 0 fully saturated rings. The summed E-state index contributed by atoms with van der Waals surface area (Å²) in [4.78, 5) is 36.3. The van der Waals surface area contributed by atoms with Crippen molar-refractivity contribution in [3.8, 4) is 0 Å². The number of carboxylic acids is 1. The lowest BCUT2D eigenvalue weighted by molar-refractivity contribution is -0.142. The number of nitrogens with one attached hydrogen (secondary N) is 3. The van der Waals surface area contributed by atoms with Crippen LogP contribution in [0.5, 0.6) is 0 Å². The Morgan fingerprint density at radius 1 is 1.18 bits per heavy atom. The summed E-state index contributed by atoms with van der Waals surface area (Å²) in [6.07, 6.45) is -0.689. The fraction of sp³-hybridized carbons (Fsp3) is 0.737. The second kappa shape index (κ2) is 10.5. The Bertz CT molecular complexity index is 604. The number of carbonyl (C=O) groups excluding carboxylic acids is 2. The van der Waals surface area contributed by atoms with E-state index in [1.54, 1.807) is 20.9 Å². The number of amides is 2. The van der Waals surface area contributed by atoms with Gasteiger partial charge in [0, 0.05) is 12.0 Å². The van der Waals surface area contributed by atoms with Crippen molar-refractivity contribution in [2.45, 2.75) is 70.9 Å². The summed E-state index contributed by atoms with van der Waals surface area (Å²) in [5, 5.41) is 37.6. The molecule has 5 atom stereocenters. The smallest absolute Gasteiger partial charge is 0.326 e. The van der Waals surface area contributed by atoms with Gasteiger partial charge in [-0.25, -0.2) is 4.79 Å². The highest BCUT2D eigenvalue weighted by atomic mass is 16.4. The van der Waals surface area contributed by atoms with Crippen molar-refractivity contribution in [2.75, 3.05) is 7.05 Å². The first-order valence-electron chi connectivity index (χ1n) is 9.56. The van der Waals surface area contributed by atoms with Crippen LogP contribution in [0.2, 0.25) is 0 Å². The number of likely N-dealkylation sites (N-methyl/N-ethyl adjacent to an activating group) is 1. The predicted molar refractivity (Wildman–Crippen MR) is 103 cm³/mol. The van der Waals surface area contributed by atoms with Crippen LogP contribution in [0.4, 0.5) is 0 Å². The summed E-state index contributed by atoms with van der Waals surface area (Å²) in [5.41, 5.74) is 0.125. The lowest BCUT2D eigenvalue weighted by Gasteiger charge is -2.32. The van der Waals surface area contributed by atoms with Gasteiger partial charge < -0.3 is 31.3 Å². The molecular formula is C19H33N3O6. The molecule has 5 unspecified atom stereocenters. The number of aliphatic hydroxyl groups excluding tert-OH is 2. The van der Waals surface area contributed by atoms with Crippen LogP contribution in [0.1, 0.15) is 40.5 Å². The van der Waals surface area contributed by atoms with Gasteiger partial charge in [0.05, 0.1) is 18.2 Å². The average Bonchev–Trinajstić information content (AvgIpc) is 2.59. The van der Waals surface area contributed by atoms with E-state index in [9.17, 15) is 29.7 Å². The zero-order valence-electron chi connectivity index (χ0n) is 17.1.